The Kier molecular flexibility index (Phi) is 5.99. The number of aliphatic hydroxyl groups excluding tert-OH is 1. The fourth-order valence-electron chi connectivity index (χ4n) is 2.45. The minimum absolute atomic E-state index is 0.0509. The van der Waals surface area contributed by atoms with Crippen LogP contribution in [-0.2, 0) is 19.1 Å². The van der Waals surface area contributed by atoms with Gasteiger partial charge >= 0.3 is 11.9 Å². The molecule has 1 aliphatic carbocycles. The van der Waals surface area contributed by atoms with E-state index in [4.69, 9.17) is 9.47 Å². The molecule has 1 atom stereocenters. The summed E-state index contributed by atoms with van der Waals surface area (Å²) >= 11 is 0. The van der Waals surface area contributed by atoms with Gasteiger partial charge in [-0.15, -0.1) is 5.73 Å². The molecule has 0 radical (unpaired) electrons. The number of aliphatic hydroxyl groups is 1. The third-order valence-corrected chi connectivity index (χ3v) is 3.53. The van der Waals surface area contributed by atoms with Crippen LogP contribution in [0.1, 0.15) is 39.5 Å². The molecule has 112 valence electrons. The fraction of sp³-hybridized carbons (Fsp3) is 0.667. The zero-order chi connectivity index (χ0) is 15.2. The normalized spacial score (nSPS) is 21.6. The molecule has 0 heterocycles. The van der Waals surface area contributed by atoms with Gasteiger partial charge < -0.3 is 14.6 Å². The van der Waals surface area contributed by atoms with Gasteiger partial charge in [0.15, 0.2) is 5.41 Å². The lowest BCUT2D eigenvalue weighted by Crippen LogP contribution is -2.42. The van der Waals surface area contributed by atoms with Crippen LogP contribution in [0.25, 0.3) is 0 Å². The highest BCUT2D eigenvalue weighted by Gasteiger charge is 2.50. The van der Waals surface area contributed by atoms with Crippen molar-refractivity contribution in [2.24, 2.45) is 5.41 Å². The maximum Gasteiger partial charge on any atom is 0.323 e. The molecule has 0 aromatic carbocycles. The highest BCUT2D eigenvalue weighted by molar-refractivity contribution is 6.00. The summed E-state index contributed by atoms with van der Waals surface area (Å²) in [5.41, 5.74) is 1.72. The zero-order valence-corrected chi connectivity index (χ0v) is 12.1. The van der Waals surface area contributed by atoms with E-state index >= 15 is 0 Å². The Bertz CT molecular complexity index is 402. The number of carbonyl (C=O) groups is 2. The van der Waals surface area contributed by atoms with Crippen molar-refractivity contribution in [1.82, 2.24) is 0 Å². The molecule has 20 heavy (non-hydrogen) atoms. The molecule has 1 rings (SSSR count). The number of esters is 2. The molecule has 0 amide bonds. The number of rotatable bonds is 4. The van der Waals surface area contributed by atoms with Crippen LogP contribution in [0.15, 0.2) is 17.9 Å². The molecule has 0 bridgehead atoms. The largest absolute Gasteiger partial charge is 0.465 e. The standard InChI is InChI=1S/C15H22O5/c1-4-11-10-15(13(17)19-5-2,14(18)20-6-3)9-7-8-12(11)16/h12,16H,1,5-10H2,2-3H3. The van der Waals surface area contributed by atoms with E-state index in [-0.39, 0.29) is 19.6 Å². The summed E-state index contributed by atoms with van der Waals surface area (Å²) in [7, 11) is 0. The van der Waals surface area contributed by atoms with E-state index in [0.717, 1.165) is 0 Å². The Morgan fingerprint density at radius 3 is 2.35 bits per heavy atom. The first kappa shape index (κ1) is 16.5. The summed E-state index contributed by atoms with van der Waals surface area (Å²) in [6, 6.07) is 0. The second-order valence-electron chi connectivity index (χ2n) is 4.81. The average Bonchev–Trinajstić information content (AvgIpc) is 2.59. The summed E-state index contributed by atoms with van der Waals surface area (Å²) in [6.45, 7) is 7.28. The predicted octanol–water partition coefficient (Wildman–Crippen LogP) is 1.75. The van der Waals surface area contributed by atoms with Crippen LogP contribution >= 0.6 is 0 Å². The smallest absolute Gasteiger partial charge is 0.323 e. The first-order valence-corrected chi connectivity index (χ1v) is 6.93. The summed E-state index contributed by atoms with van der Waals surface area (Å²) in [5, 5.41) is 9.96. The van der Waals surface area contributed by atoms with E-state index in [2.05, 4.69) is 12.3 Å². The Labute approximate surface area is 119 Å². The van der Waals surface area contributed by atoms with Crippen LogP contribution in [0.2, 0.25) is 0 Å². The van der Waals surface area contributed by atoms with E-state index < -0.39 is 23.5 Å². The van der Waals surface area contributed by atoms with Crippen molar-refractivity contribution in [2.75, 3.05) is 13.2 Å². The first-order valence-electron chi connectivity index (χ1n) is 6.93. The van der Waals surface area contributed by atoms with Crippen molar-refractivity contribution >= 4 is 11.9 Å². The van der Waals surface area contributed by atoms with Crippen molar-refractivity contribution in [2.45, 2.75) is 45.6 Å². The van der Waals surface area contributed by atoms with Crippen molar-refractivity contribution in [3.63, 3.8) is 0 Å². The molecule has 0 spiro atoms. The predicted molar refractivity (Wildman–Crippen MR) is 72.8 cm³/mol. The van der Waals surface area contributed by atoms with Crippen LogP contribution < -0.4 is 0 Å². The lowest BCUT2D eigenvalue weighted by molar-refractivity contribution is -0.172. The molecule has 1 unspecified atom stereocenters. The van der Waals surface area contributed by atoms with Gasteiger partial charge in [0, 0.05) is 12.0 Å². The minimum atomic E-state index is -1.39. The van der Waals surface area contributed by atoms with Crippen molar-refractivity contribution in [3.05, 3.63) is 17.9 Å². The second-order valence-corrected chi connectivity index (χ2v) is 4.81. The van der Waals surface area contributed by atoms with Crippen molar-refractivity contribution in [3.8, 4) is 0 Å². The summed E-state index contributed by atoms with van der Waals surface area (Å²) < 4.78 is 10.1. The molecule has 1 aliphatic rings. The molecule has 0 aromatic heterocycles. The van der Waals surface area contributed by atoms with Gasteiger partial charge in [0.1, 0.15) is 0 Å². The third kappa shape index (κ3) is 3.30. The van der Waals surface area contributed by atoms with Gasteiger partial charge in [-0.1, -0.05) is 6.58 Å². The van der Waals surface area contributed by atoms with E-state index in [1.54, 1.807) is 13.8 Å². The van der Waals surface area contributed by atoms with Gasteiger partial charge in [0.2, 0.25) is 0 Å². The van der Waals surface area contributed by atoms with Gasteiger partial charge in [-0.05, 0) is 33.1 Å². The molecule has 5 heteroatoms. The molecular formula is C15H22O5. The highest BCUT2D eigenvalue weighted by Crippen LogP contribution is 2.40. The van der Waals surface area contributed by atoms with Crippen molar-refractivity contribution < 1.29 is 24.2 Å². The first-order chi connectivity index (χ1) is 9.51. The van der Waals surface area contributed by atoms with Gasteiger partial charge in [-0.25, -0.2) is 0 Å². The molecule has 1 fully saturated rings. The molecule has 0 aromatic rings. The summed E-state index contributed by atoms with van der Waals surface area (Å²) in [5.74, 6) is -1.19. The molecule has 5 nitrogen and oxygen atoms in total. The summed E-state index contributed by atoms with van der Waals surface area (Å²) in [6.07, 6.45) is 0.628. The Hall–Kier alpha value is -1.58. The monoisotopic (exact) mass is 282 g/mol. The molecular weight excluding hydrogens is 260 g/mol. The lowest BCUT2D eigenvalue weighted by Gasteiger charge is -2.28. The number of ether oxygens (including phenoxy) is 2. The van der Waals surface area contributed by atoms with Crippen LogP contribution in [0.3, 0.4) is 0 Å². The summed E-state index contributed by atoms with van der Waals surface area (Å²) in [4.78, 5) is 24.6. The Morgan fingerprint density at radius 1 is 1.35 bits per heavy atom. The number of carbonyl (C=O) groups excluding carboxylic acids is 2. The molecule has 0 saturated heterocycles. The average molecular weight is 282 g/mol. The quantitative estimate of drug-likeness (QED) is 0.368. The van der Waals surface area contributed by atoms with Gasteiger partial charge in [-0.2, -0.15) is 0 Å². The molecule has 1 N–H and O–H groups in total. The Morgan fingerprint density at radius 2 is 1.90 bits per heavy atom. The van der Waals surface area contributed by atoms with Crippen molar-refractivity contribution in [1.29, 1.82) is 0 Å². The maximum absolute atomic E-state index is 12.3. The SMILES string of the molecule is C=C=C1CC(C(=O)OCC)(C(=O)OCC)CCCC1O. The molecule has 0 aliphatic heterocycles. The topological polar surface area (TPSA) is 72.8 Å². The van der Waals surface area contributed by atoms with E-state index in [9.17, 15) is 14.7 Å². The number of hydrogen-bond acceptors (Lipinski definition) is 5. The molecule has 1 saturated carbocycles. The van der Waals surface area contributed by atoms with Crippen LogP contribution in [0, 0.1) is 5.41 Å². The second kappa shape index (κ2) is 7.27. The van der Waals surface area contributed by atoms with E-state index in [1.807, 2.05) is 0 Å². The maximum atomic E-state index is 12.3. The number of hydrogen-bond donors (Lipinski definition) is 1. The van der Waals surface area contributed by atoms with E-state index in [1.165, 1.54) is 0 Å². The fourth-order valence-corrected chi connectivity index (χ4v) is 2.45. The minimum Gasteiger partial charge on any atom is -0.465 e. The van der Waals surface area contributed by atoms with Crippen LogP contribution in [0.4, 0.5) is 0 Å². The Balaban J connectivity index is 3.18. The highest BCUT2D eigenvalue weighted by atomic mass is 16.6. The third-order valence-electron chi connectivity index (χ3n) is 3.53. The van der Waals surface area contributed by atoms with Crippen LogP contribution in [-0.4, -0.2) is 36.4 Å². The van der Waals surface area contributed by atoms with Gasteiger partial charge in [0.05, 0.1) is 19.3 Å². The lowest BCUT2D eigenvalue weighted by atomic mass is 9.79. The van der Waals surface area contributed by atoms with Crippen LogP contribution in [0.5, 0.6) is 0 Å². The zero-order valence-electron chi connectivity index (χ0n) is 12.1. The van der Waals surface area contributed by atoms with Gasteiger partial charge in [0.25, 0.3) is 0 Å². The van der Waals surface area contributed by atoms with E-state index in [0.29, 0.717) is 24.8 Å². The van der Waals surface area contributed by atoms with Gasteiger partial charge in [-0.3, -0.25) is 9.59 Å².